The normalized spacial score (nSPS) is 11.6. The van der Waals surface area contributed by atoms with E-state index in [1.54, 1.807) is 19.1 Å². The molecule has 0 saturated heterocycles. The molecule has 6 heteroatoms. The van der Waals surface area contributed by atoms with Crippen LogP contribution in [-0.4, -0.2) is 15.5 Å². The SMILES string of the molecule is Cc1c(C(=O)c2ccc(Cl)cc2)c(O)n(C(C)c2ccccc2)c(=O)c1C#N. The van der Waals surface area contributed by atoms with Crippen LogP contribution in [-0.2, 0) is 0 Å². The highest BCUT2D eigenvalue weighted by molar-refractivity contribution is 6.30. The number of nitriles is 1. The van der Waals surface area contributed by atoms with E-state index in [1.165, 1.54) is 19.1 Å². The van der Waals surface area contributed by atoms with Crippen LogP contribution >= 0.6 is 11.6 Å². The van der Waals surface area contributed by atoms with Gasteiger partial charge in [-0.05, 0) is 49.2 Å². The monoisotopic (exact) mass is 392 g/mol. The van der Waals surface area contributed by atoms with Crippen molar-refractivity contribution >= 4 is 17.4 Å². The summed E-state index contributed by atoms with van der Waals surface area (Å²) in [6.45, 7) is 3.21. The van der Waals surface area contributed by atoms with Crippen molar-refractivity contribution < 1.29 is 9.90 Å². The molecule has 0 radical (unpaired) electrons. The van der Waals surface area contributed by atoms with Crippen molar-refractivity contribution in [2.75, 3.05) is 0 Å². The van der Waals surface area contributed by atoms with Gasteiger partial charge in [-0.15, -0.1) is 0 Å². The standard InChI is InChI=1S/C22H17ClN2O3/c1-13-18(12-24)21(27)25(14(2)15-6-4-3-5-7-15)22(28)19(13)20(26)16-8-10-17(23)11-9-16/h3-11,14,28H,1-2H3. The van der Waals surface area contributed by atoms with Crippen LogP contribution in [0.5, 0.6) is 5.88 Å². The first-order valence-corrected chi connectivity index (χ1v) is 8.98. The Morgan fingerprint density at radius 1 is 1.14 bits per heavy atom. The summed E-state index contributed by atoms with van der Waals surface area (Å²) in [5.41, 5.74) is 0.337. The number of carbonyl (C=O) groups excluding carboxylic acids is 1. The van der Waals surface area contributed by atoms with Crippen LogP contribution in [0.15, 0.2) is 59.4 Å². The number of ketones is 1. The minimum Gasteiger partial charge on any atom is -0.494 e. The molecule has 1 aromatic heterocycles. The molecular weight excluding hydrogens is 376 g/mol. The van der Waals surface area contributed by atoms with Crippen LogP contribution in [0.1, 0.15) is 45.6 Å². The number of hydrogen-bond donors (Lipinski definition) is 1. The predicted octanol–water partition coefficient (Wildman–Crippen LogP) is 4.23. The van der Waals surface area contributed by atoms with Crippen molar-refractivity contribution in [2.45, 2.75) is 19.9 Å². The van der Waals surface area contributed by atoms with E-state index in [-0.39, 0.29) is 16.7 Å². The molecule has 0 fully saturated rings. The number of carbonyl (C=O) groups is 1. The van der Waals surface area contributed by atoms with Gasteiger partial charge in [-0.2, -0.15) is 5.26 Å². The number of benzene rings is 2. The van der Waals surface area contributed by atoms with Crippen molar-refractivity contribution in [1.82, 2.24) is 4.57 Å². The van der Waals surface area contributed by atoms with Crippen LogP contribution < -0.4 is 5.56 Å². The summed E-state index contributed by atoms with van der Waals surface area (Å²) in [7, 11) is 0. The zero-order valence-corrected chi connectivity index (χ0v) is 16.1. The van der Waals surface area contributed by atoms with Crippen molar-refractivity contribution in [3.05, 3.63) is 97.8 Å². The molecule has 1 N–H and O–H groups in total. The predicted molar refractivity (Wildman–Crippen MR) is 107 cm³/mol. The number of hydrogen-bond acceptors (Lipinski definition) is 4. The van der Waals surface area contributed by atoms with Crippen LogP contribution in [0, 0.1) is 18.3 Å². The summed E-state index contributed by atoms with van der Waals surface area (Å²) in [6, 6.07) is 16.6. The van der Waals surface area contributed by atoms with E-state index in [9.17, 15) is 20.0 Å². The number of nitrogens with zero attached hydrogens (tertiary/aromatic N) is 2. The van der Waals surface area contributed by atoms with E-state index in [0.29, 0.717) is 10.6 Å². The highest BCUT2D eigenvalue weighted by Crippen LogP contribution is 2.29. The van der Waals surface area contributed by atoms with Gasteiger partial charge in [0, 0.05) is 10.6 Å². The van der Waals surface area contributed by atoms with Crippen LogP contribution in [0.25, 0.3) is 0 Å². The first-order valence-electron chi connectivity index (χ1n) is 8.60. The average Bonchev–Trinajstić information content (AvgIpc) is 2.69. The Hall–Kier alpha value is -3.36. The molecule has 5 nitrogen and oxygen atoms in total. The molecule has 0 saturated carbocycles. The first-order chi connectivity index (χ1) is 13.4. The molecule has 0 spiro atoms. The zero-order chi connectivity index (χ0) is 20.4. The largest absolute Gasteiger partial charge is 0.494 e. The molecule has 0 aliphatic rings. The van der Waals surface area contributed by atoms with Crippen LogP contribution in [0.4, 0.5) is 0 Å². The Kier molecular flexibility index (Phi) is 5.34. The molecule has 1 atom stereocenters. The fourth-order valence-corrected chi connectivity index (χ4v) is 3.31. The van der Waals surface area contributed by atoms with Crippen molar-refractivity contribution in [3.63, 3.8) is 0 Å². The number of pyridine rings is 1. The van der Waals surface area contributed by atoms with Gasteiger partial charge < -0.3 is 5.11 Å². The lowest BCUT2D eigenvalue weighted by Gasteiger charge is -2.21. The summed E-state index contributed by atoms with van der Waals surface area (Å²) < 4.78 is 1.09. The molecule has 3 aromatic rings. The quantitative estimate of drug-likeness (QED) is 0.673. The van der Waals surface area contributed by atoms with Gasteiger partial charge >= 0.3 is 0 Å². The van der Waals surface area contributed by atoms with Gasteiger partial charge in [0.1, 0.15) is 11.6 Å². The van der Waals surface area contributed by atoms with E-state index in [0.717, 1.165) is 10.1 Å². The van der Waals surface area contributed by atoms with Gasteiger partial charge in [0.15, 0.2) is 5.78 Å². The number of aromatic nitrogens is 1. The van der Waals surface area contributed by atoms with E-state index in [4.69, 9.17) is 11.6 Å². The molecular formula is C22H17ClN2O3. The molecule has 0 bridgehead atoms. The third kappa shape index (κ3) is 3.30. The number of aromatic hydroxyl groups is 1. The highest BCUT2D eigenvalue weighted by Gasteiger charge is 2.27. The van der Waals surface area contributed by atoms with Gasteiger partial charge in [0.05, 0.1) is 11.6 Å². The number of rotatable bonds is 4. The second kappa shape index (κ2) is 7.71. The fraction of sp³-hybridized carbons (Fsp3) is 0.136. The smallest absolute Gasteiger partial charge is 0.272 e. The second-order valence-corrected chi connectivity index (χ2v) is 6.84. The van der Waals surface area contributed by atoms with Crippen molar-refractivity contribution in [2.24, 2.45) is 0 Å². The minimum absolute atomic E-state index is 0.0683. The maximum atomic E-state index is 13.1. The third-order valence-corrected chi connectivity index (χ3v) is 5.00. The third-order valence-electron chi connectivity index (χ3n) is 4.75. The molecule has 1 heterocycles. The Labute approximate surface area is 167 Å². The molecule has 1 unspecified atom stereocenters. The lowest BCUT2D eigenvalue weighted by atomic mass is 9.96. The lowest BCUT2D eigenvalue weighted by molar-refractivity contribution is 0.103. The maximum Gasteiger partial charge on any atom is 0.272 e. The second-order valence-electron chi connectivity index (χ2n) is 6.41. The molecule has 0 aliphatic carbocycles. The molecule has 3 rings (SSSR count). The Balaban J connectivity index is 2.27. The average molecular weight is 393 g/mol. The fourth-order valence-electron chi connectivity index (χ4n) is 3.18. The molecule has 28 heavy (non-hydrogen) atoms. The minimum atomic E-state index is -0.637. The van der Waals surface area contributed by atoms with Gasteiger partial charge in [-0.25, -0.2) is 0 Å². The molecule has 140 valence electrons. The molecule has 0 aliphatic heterocycles. The Morgan fingerprint density at radius 2 is 1.75 bits per heavy atom. The van der Waals surface area contributed by atoms with Gasteiger partial charge in [-0.3, -0.25) is 14.2 Å². The summed E-state index contributed by atoms with van der Waals surface area (Å²) >= 11 is 5.88. The topological polar surface area (TPSA) is 83.1 Å². The van der Waals surface area contributed by atoms with Crippen LogP contribution in [0.3, 0.4) is 0 Å². The summed E-state index contributed by atoms with van der Waals surface area (Å²) in [5, 5.41) is 20.9. The van der Waals surface area contributed by atoms with Gasteiger partial charge in [0.25, 0.3) is 5.56 Å². The lowest BCUT2D eigenvalue weighted by Crippen LogP contribution is -2.29. The van der Waals surface area contributed by atoms with Crippen LogP contribution in [0.2, 0.25) is 5.02 Å². The van der Waals surface area contributed by atoms with E-state index < -0.39 is 23.3 Å². The highest BCUT2D eigenvalue weighted by atomic mass is 35.5. The Morgan fingerprint density at radius 3 is 2.32 bits per heavy atom. The van der Waals surface area contributed by atoms with E-state index >= 15 is 0 Å². The van der Waals surface area contributed by atoms with Gasteiger partial charge in [-0.1, -0.05) is 41.9 Å². The summed E-state index contributed by atoms with van der Waals surface area (Å²) in [5.74, 6) is -0.949. The van der Waals surface area contributed by atoms with Crippen molar-refractivity contribution in [3.8, 4) is 11.9 Å². The maximum absolute atomic E-state index is 13.1. The first kappa shape index (κ1) is 19.4. The zero-order valence-electron chi connectivity index (χ0n) is 15.3. The van der Waals surface area contributed by atoms with Gasteiger partial charge in [0.2, 0.25) is 5.88 Å². The van der Waals surface area contributed by atoms with E-state index in [1.807, 2.05) is 36.4 Å². The summed E-state index contributed by atoms with van der Waals surface area (Å²) in [6.07, 6.45) is 0. The number of halogens is 1. The van der Waals surface area contributed by atoms with E-state index in [2.05, 4.69) is 0 Å². The summed E-state index contributed by atoms with van der Waals surface area (Å²) in [4.78, 5) is 25.9. The molecule has 0 amide bonds. The molecule has 2 aromatic carbocycles. The van der Waals surface area contributed by atoms with Crippen molar-refractivity contribution in [1.29, 1.82) is 5.26 Å². The Bertz CT molecular complexity index is 1140.